The van der Waals surface area contributed by atoms with Crippen molar-refractivity contribution in [3.8, 4) is 0 Å². The molecule has 0 aliphatic heterocycles. The van der Waals surface area contributed by atoms with Crippen molar-refractivity contribution in [3.05, 3.63) is 0 Å². The minimum Gasteiger partial charge on any atom is -0.269 e. The lowest BCUT2D eigenvalue weighted by atomic mass is 10.2. The van der Waals surface area contributed by atoms with Crippen LogP contribution in [0.1, 0.15) is 26.7 Å². The largest absolute Gasteiger partial charge is 0.459 e. The summed E-state index contributed by atoms with van der Waals surface area (Å²) in [6.45, 7) is 1.31. The van der Waals surface area contributed by atoms with Crippen molar-refractivity contribution in [2.45, 2.75) is 44.7 Å². The van der Waals surface area contributed by atoms with E-state index in [2.05, 4.69) is 13.8 Å². The fourth-order valence-corrected chi connectivity index (χ4v) is 0.291. The van der Waals surface area contributed by atoms with Crippen molar-refractivity contribution in [3.63, 3.8) is 0 Å². The van der Waals surface area contributed by atoms with Crippen molar-refractivity contribution >= 4 is 0 Å². The lowest BCUT2D eigenvalue weighted by molar-refractivity contribution is -0.356. The first-order chi connectivity index (χ1) is 6.97. The van der Waals surface area contributed by atoms with Crippen LogP contribution < -0.4 is 0 Å². The molecule has 0 bridgehead atoms. The molecule has 0 saturated heterocycles. The van der Waals surface area contributed by atoms with Crippen LogP contribution in [0.25, 0.3) is 0 Å². The summed E-state index contributed by atoms with van der Waals surface area (Å²) in [5, 5.41) is 0. The van der Waals surface area contributed by atoms with Gasteiger partial charge in [-0.25, -0.2) is 4.39 Å². The smallest absolute Gasteiger partial charge is 0.269 e. The average molecular weight is 280 g/mol. The molecule has 0 aromatic heterocycles. The van der Waals surface area contributed by atoms with Gasteiger partial charge in [-0.05, 0) is 0 Å². The molecule has 0 N–H and O–H groups in total. The SMILES string of the molecule is CCCC.F.FCC(F)(F)C(F)(F)C(F)(F)F. The molecular weight excluding hydrogens is 267 g/mol. The highest BCUT2D eigenvalue weighted by Crippen LogP contribution is 2.46. The third-order valence-electron chi connectivity index (χ3n) is 1.48. The van der Waals surface area contributed by atoms with E-state index in [0.717, 1.165) is 0 Å². The second kappa shape index (κ2) is 7.65. The fraction of sp³-hybridized carbons (Fsp3) is 1.00. The molecule has 0 spiro atoms. The minimum absolute atomic E-state index is 0. The maximum atomic E-state index is 11.6. The van der Waals surface area contributed by atoms with Gasteiger partial charge in [-0.3, -0.25) is 4.70 Å². The van der Waals surface area contributed by atoms with E-state index >= 15 is 0 Å². The standard InChI is InChI=1S/C4H2F8.C4H10.FH/c5-1-2(6,7)3(8,9)4(10,11)12;1-3-4-2;/h1H2;3-4H2,1-2H3;1H. The predicted molar refractivity (Wildman–Crippen MR) is 45.0 cm³/mol. The number of hydrogen-bond donors (Lipinski definition) is 0. The molecule has 108 valence electrons. The first-order valence-corrected chi connectivity index (χ1v) is 4.36. The van der Waals surface area contributed by atoms with Crippen LogP contribution in [0.3, 0.4) is 0 Å². The summed E-state index contributed by atoms with van der Waals surface area (Å²) in [5.41, 5.74) is 0. The van der Waals surface area contributed by atoms with Gasteiger partial charge in [0, 0.05) is 0 Å². The zero-order valence-corrected chi connectivity index (χ0v) is 9.05. The minimum atomic E-state index is -6.44. The summed E-state index contributed by atoms with van der Waals surface area (Å²) in [4.78, 5) is 0. The first-order valence-electron chi connectivity index (χ1n) is 4.36. The second-order valence-electron chi connectivity index (χ2n) is 2.91. The molecule has 0 saturated carbocycles. The van der Waals surface area contributed by atoms with Gasteiger partial charge in [0.05, 0.1) is 0 Å². The monoisotopic (exact) mass is 280 g/mol. The van der Waals surface area contributed by atoms with Crippen LogP contribution in [0.4, 0.5) is 39.8 Å². The van der Waals surface area contributed by atoms with Crippen LogP contribution in [-0.2, 0) is 0 Å². The third-order valence-corrected chi connectivity index (χ3v) is 1.48. The van der Waals surface area contributed by atoms with Crippen LogP contribution in [0, 0.1) is 0 Å². The van der Waals surface area contributed by atoms with Crippen molar-refractivity contribution in [2.24, 2.45) is 0 Å². The molecule has 0 nitrogen and oxygen atoms in total. The van der Waals surface area contributed by atoms with Crippen molar-refractivity contribution in [1.82, 2.24) is 0 Å². The lowest BCUT2D eigenvalue weighted by Gasteiger charge is -2.25. The van der Waals surface area contributed by atoms with Gasteiger partial charge in [0.15, 0.2) is 6.67 Å². The Morgan fingerprint density at radius 1 is 0.765 bits per heavy atom. The van der Waals surface area contributed by atoms with Gasteiger partial charge in [-0.2, -0.15) is 30.7 Å². The molecule has 0 amide bonds. The quantitative estimate of drug-likeness (QED) is 0.654. The Bertz CT molecular complexity index is 182. The van der Waals surface area contributed by atoms with Gasteiger partial charge in [0.1, 0.15) is 0 Å². The lowest BCUT2D eigenvalue weighted by Crippen LogP contribution is -2.53. The number of halogens is 9. The maximum Gasteiger partial charge on any atom is 0.459 e. The normalized spacial score (nSPS) is 12.4. The van der Waals surface area contributed by atoms with E-state index in [-0.39, 0.29) is 4.70 Å². The first kappa shape index (κ1) is 21.6. The Balaban J connectivity index is -0.000000340. The molecule has 0 unspecified atom stereocenters. The van der Waals surface area contributed by atoms with Gasteiger partial charge in [-0.15, -0.1) is 0 Å². The second-order valence-corrected chi connectivity index (χ2v) is 2.91. The summed E-state index contributed by atoms with van der Waals surface area (Å²) in [6.07, 6.45) is -3.80. The Morgan fingerprint density at radius 3 is 1.12 bits per heavy atom. The van der Waals surface area contributed by atoms with Crippen molar-refractivity contribution in [1.29, 1.82) is 0 Å². The summed E-state index contributed by atoms with van der Waals surface area (Å²) in [6, 6.07) is 0. The highest BCUT2D eigenvalue weighted by atomic mass is 19.4. The van der Waals surface area contributed by atoms with Gasteiger partial charge < -0.3 is 0 Å². The number of alkyl halides is 8. The third kappa shape index (κ3) is 6.02. The van der Waals surface area contributed by atoms with Gasteiger partial charge in [0.2, 0.25) is 0 Å². The summed E-state index contributed by atoms with van der Waals surface area (Å²) in [7, 11) is 0. The topological polar surface area (TPSA) is 0 Å². The molecule has 0 fully saturated rings. The van der Waals surface area contributed by atoms with E-state index < -0.39 is 24.7 Å². The molecule has 0 atom stereocenters. The summed E-state index contributed by atoms with van der Waals surface area (Å²) in [5.74, 6) is -12.0. The van der Waals surface area contributed by atoms with E-state index in [9.17, 15) is 35.1 Å². The predicted octanol–water partition coefficient (Wildman–Crippen LogP) is 4.75. The van der Waals surface area contributed by atoms with Crippen molar-refractivity contribution in [2.75, 3.05) is 6.67 Å². The van der Waals surface area contributed by atoms with Gasteiger partial charge in [0.25, 0.3) is 0 Å². The number of unbranched alkanes of at least 4 members (excludes halogenated alkanes) is 1. The molecule has 0 heterocycles. The van der Waals surface area contributed by atoms with Gasteiger partial charge >= 0.3 is 18.0 Å². The Hall–Kier alpha value is -0.630. The molecule has 0 radical (unpaired) electrons. The molecule has 0 rings (SSSR count). The number of hydrogen-bond acceptors (Lipinski definition) is 0. The fourth-order valence-electron chi connectivity index (χ4n) is 0.291. The highest BCUT2D eigenvalue weighted by molar-refractivity contribution is 4.90. The van der Waals surface area contributed by atoms with Crippen LogP contribution in [0.2, 0.25) is 0 Å². The summed E-state index contributed by atoms with van der Waals surface area (Å²) >= 11 is 0. The van der Waals surface area contributed by atoms with E-state index in [0.29, 0.717) is 0 Å². The highest BCUT2D eigenvalue weighted by Gasteiger charge is 2.73. The number of rotatable bonds is 3. The zero-order chi connectivity index (χ0) is 13.6. The Morgan fingerprint density at radius 2 is 1.06 bits per heavy atom. The summed E-state index contributed by atoms with van der Waals surface area (Å²) < 4.78 is 90.8. The van der Waals surface area contributed by atoms with Crippen LogP contribution in [0.15, 0.2) is 0 Å². The van der Waals surface area contributed by atoms with Crippen molar-refractivity contribution < 1.29 is 39.8 Å². The molecular formula is C8H13F9. The maximum absolute atomic E-state index is 11.6. The Labute approximate surface area is 92.4 Å². The van der Waals surface area contributed by atoms with E-state index in [4.69, 9.17) is 0 Å². The van der Waals surface area contributed by atoms with Crippen LogP contribution in [0.5, 0.6) is 0 Å². The average Bonchev–Trinajstić information content (AvgIpc) is 2.16. The van der Waals surface area contributed by atoms with Gasteiger partial charge in [-0.1, -0.05) is 26.7 Å². The Kier molecular flexibility index (Phi) is 9.73. The zero-order valence-electron chi connectivity index (χ0n) is 9.05. The van der Waals surface area contributed by atoms with Crippen LogP contribution >= 0.6 is 0 Å². The molecule has 0 aromatic rings. The molecule has 17 heavy (non-hydrogen) atoms. The van der Waals surface area contributed by atoms with E-state index in [1.54, 1.807) is 0 Å². The van der Waals surface area contributed by atoms with Crippen LogP contribution in [-0.4, -0.2) is 24.7 Å². The molecule has 0 aliphatic carbocycles. The molecule has 0 aliphatic rings. The molecule has 0 aromatic carbocycles. The molecule has 9 heteroatoms. The van der Waals surface area contributed by atoms with E-state index in [1.807, 2.05) is 0 Å². The van der Waals surface area contributed by atoms with E-state index in [1.165, 1.54) is 12.8 Å².